The Morgan fingerprint density at radius 3 is 2.26 bits per heavy atom. The molecule has 0 saturated heterocycles. The fourth-order valence-electron chi connectivity index (χ4n) is 5.04. The van der Waals surface area contributed by atoms with Gasteiger partial charge >= 0.3 is 0 Å². The van der Waals surface area contributed by atoms with Crippen molar-refractivity contribution < 1.29 is 9.47 Å². The maximum atomic E-state index is 6.48. The third kappa shape index (κ3) is 9.56. The molecule has 1 aliphatic carbocycles. The van der Waals surface area contributed by atoms with Crippen LogP contribution in [0.4, 0.5) is 0 Å². The molecule has 0 bridgehead atoms. The van der Waals surface area contributed by atoms with Crippen molar-refractivity contribution in [3.63, 3.8) is 0 Å². The van der Waals surface area contributed by atoms with Crippen molar-refractivity contribution in [1.29, 1.82) is 0 Å². The summed E-state index contributed by atoms with van der Waals surface area (Å²) in [7, 11) is 0. The van der Waals surface area contributed by atoms with Crippen molar-refractivity contribution in [3.05, 3.63) is 11.6 Å². The average Bonchev–Trinajstić information content (AvgIpc) is 3.12. The second kappa shape index (κ2) is 14.0. The highest BCUT2D eigenvalue weighted by Crippen LogP contribution is 2.66. The van der Waals surface area contributed by atoms with Crippen molar-refractivity contribution in [2.24, 2.45) is 28.9 Å². The van der Waals surface area contributed by atoms with Gasteiger partial charge in [-0.05, 0) is 77.0 Å². The molecule has 1 fully saturated rings. The lowest BCUT2D eigenvalue weighted by molar-refractivity contribution is 0.00733. The van der Waals surface area contributed by atoms with Gasteiger partial charge in [-0.15, -0.1) is 0 Å². The lowest BCUT2D eigenvalue weighted by Crippen LogP contribution is -2.23. The predicted octanol–water partition coefficient (Wildman–Crippen LogP) is 7.88. The maximum Gasteiger partial charge on any atom is 0.105 e. The molecule has 1 aliphatic rings. The molecule has 0 aromatic carbocycles. The molecular weight excluding hydrogens is 382 g/mol. The van der Waals surface area contributed by atoms with E-state index in [1.807, 2.05) is 0 Å². The second-order valence-corrected chi connectivity index (χ2v) is 11.2. The van der Waals surface area contributed by atoms with E-state index >= 15 is 0 Å². The third-order valence-electron chi connectivity index (χ3n) is 8.28. The zero-order valence-electron chi connectivity index (χ0n) is 22.3. The molecule has 0 amide bonds. The highest BCUT2D eigenvalue weighted by molar-refractivity contribution is 5.18. The average molecular weight is 438 g/mol. The largest absolute Gasteiger partial charge is 0.374 e. The molecule has 6 atom stereocenters. The van der Waals surface area contributed by atoms with Gasteiger partial charge in [0.05, 0.1) is 5.60 Å². The van der Waals surface area contributed by atoms with Crippen LogP contribution >= 0.6 is 0 Å². The molecule has 3 nitrogen and oxygen atoms in total. The molecule has 1 saturated carbocycles. The van der Waals surface area contributed by atoms with Gasteiger partial charge < -0.3 is 15.2 Å². The van der Waals surface area contributed by atoms with Crippen molar-refractivity contribution >= 4 is 0 Å². The van der Waals surface area contributed by atoms with Crippen LogP contribution in [0.25, 0.3) is 0 Å². The van der Waals surface area contributed by atoms with Gasteiger partial charge in [-0.1, -0.05) is 72.0 Å². The Labute approximate surface area is 194 Å². The van der Waals surface area contributed by atoms with Gasteiger partial charge in [-0.2, -0.15) is 0 Å². The van der Waals surface area contributed by atoms with Crippen molar-refractivity contribution in [2.75, 3.05) is 13.2 Å². The molecule has 3 heteroatoms. The van der Waals surface area contributed by atoms with Gasteiger partial charge in [0.1, 0.15) is 6.23 Å². The van der Waals surface area contributed by atoms with Gasteiger partial charge in [0.25, 0.3) is 0 Å². The number of hydrogen-bond acceptors (Lipinski definition) is 3. The minimum Gasteiger partial charge on any atom is -0.374 e. The molecule has 0 aromatic heterocycles. The topological polar surface area (TPSA) is 44.5 Å². The van der Waals surface area contributed by atoms with Crippen LogP contribution in [0.2, 0.25) is 0 Å². The van der Waals surface area contributed by atoms with E-state index in [4.69, 9.17) is 15.2 Å². The molecule has 2 N–H and O–H groups in total. The Kier molecular flexibility index (Phi) is 12.9. The van der Waals surface area contributed by atoms with Gasteiger partial charge in [0.15, 0.2) is 0 Å². The van der Waals surface area contributed by atoms with E-state index < -0.39 is 0 Å². The fourth-order valence-corrected chi connectivity index (χ4v) is 5.04. The molecule has 0 heterocycles. The van der Waals surface area contributed by atoms with E-state index in [1.165, 1.54) is 56.9 Å². The number of hydrogen-bond donors (Lipinski definition) is 1. The molecule has 0 spiro atoms. The van der Waals surface area contributed by atoms with Crippen LogP contribution in [0.15, 0.2) is 11.6 Å². The third-order valence-corrected chi connectivity index (χ3v) is 8.28. The van der Waals surface area contributed by atoms with Crippen LogP contribution in [0.5, 0.6) is 0 Å². The number of unbranched alkanes of at least 4 members (excludes halogenated alkanes) is 1. The smallest absolute Gasteiger partial charge is 0.105 e. The molecule has 0 aliphatic heterocycles. The first-order valence-corrected chi connectivity index (χ1v) is 13.2. The normalized spacial score (nSPS) is 28.2. The molecule has 0 aromatic rings. The zero-order chi connectivity index (χ0) is 23.5. The molecular formula is C28H55NO2. The molecule has 0 radical (unpaired) electrons. The number of nitrogens with two attached hydrogens (primary N) is 1. The van der Waals surface area contributed by atoms with Crippen molar-refractivity contribution in [3.8, 4) is 0 Å². The van der Waals surface area contributed by atoms with Crippen LogP contribution in [0.3, 0.4) is 0 Å². The van der Waals surface area contributed by atoms with Crippen molar-refractivity contribution in [1.82, 2.24) is 0 Å². The second-order valence-electron chi connectivity index (χ2n) is 11.2. The van der Waals surface area contributed by atoms with Crippen LogP contribution in [-0.2, 0) is 9.47 Å². The minimum atomic E-state index is -0.0954. The summed E-state index contributed by atoms with van der Waals surface area (Å²) in [5, 5.41) is 0. The van der Waals surface area contributed by atoms with Gasteiger partial charge in [-0.25, -0.2) is 0 Å². The van der Waals surface area contributed by atoms with E-state index in [0.717, 1.165) is 32.0 Å². The summed E-state index contributed by atoms with van der Waals surface area (Å²) >= 11 is 0. The number of ether oxygens (including phenoxy) is 2. The van der Waals surface area contributed by atoms with E-state index in [9.17, 15) is 0 Å². The molecule has 184 valence electrons. The Morgan fingerprint density at radius 2 is 1.61 bits per heavy atom. The van der Waals surface area contributed by atoms with Gasteiger partial charge in [-0.3, -0.25) is 0 Å². The highest BCUT2D eigenvalue weighted by Gasteiger charge is 2.68. The maximum absolute atomic E-state index is 6.48. The monoisotopic (exact) mass is 437 g/mol. The van der Waals surface area contributed by atoms with Gasteiger partial charge in [0, 0.05) is 18.6 Å². The lowest BCUT2D eigenvalue weighted by Gasteiger charge is -2.21. The van der Waals surface area contributed by atoms with Crippen LogP contribution < -0.4 is 5.73 Å². The summed E-state index contributed by atoms with van der Waals surface area (Å²) in [5.74, 6) is 2.18. The first-order valence-electron chi connectivity index (χ1n) is 13.2. The summed E-state index contributed by atoms with van der Waals surface area (Å²) in [6.45, 7) is 20.1. The number of allylic oxidation sites excluding steroid dienone is 2. The van der Waals surface area contributed by atoms with Crippen LogP contribution in [0.1, 0.15) is 120 Å². The quantitative estimate of drug-likeness (QED) is 0.135. The van der Waals surface area contributed by atoms with Crippen LogP contribution in [-0.4, -0.2) is 25.0 Å². The molecule has 1 rings (SSSR count). The zero-order valence-corrected chi connectivity index (χ0v) is 22.3. The highest BCUT2D eigenvalue weighted by atomic mass is 16.5. The van der Waals surface area contributed by atoms with E-state index in [0.29, 0.717) is 17.3 Å². The SMILES string of the molecule is CCC(N)OCCC(C)CCCC1(C)C(C)C1(C)OCCCCC(C)CCC=C(C)C. The molecule has 31 heavy (non-hydrogen) atoms. The summed E-state index contributed by atoms with van der Waals surface area (Å²) in [6.07, 6.45) is 14.5. The van der Waals surface area contributed by atoms with Crippen molar-refractivity contribution in [2.45, 2.75) is 131 Å². The Hall–Kier alpha value is -0.380. The molecule has 6 unspecified atom stereocenters. The minimum absolute atomic E-state index is 0.0717. The number of rotatable bonds is 18. The first kappa shape index (κ1) is 28.7. The fraction of sp³-hybridized carbons (Fsp3) is 0.929. The Bertz CT molecular complexity index is 515. The van der Waals surface area contributed by atoms with Gasteiger partial charge in [0.2, 0.25) is 0 Å². The standard InChI is InChI=1S/C28H55NO2/c1-9-26(29)30-21-18-24(5)17-13-19-27(7)25(6)28(27,8)31-20-11-10-15-23(4)16-12-14-22(2)3/h14,23-26H,9-13,15-21,29H2,1-8H3. The Morgan fingerprint density at radius 1 is 0.968 bits per heavy atom. The van der Waals surface area contributed by atoms with Crippen LogP contribution in [0, 0.1) is 23.2 Å². The van der Waals surface area contributed by atoms with E-state index in [2.05, 4.69) is 61.5 Å². The lowest BCUT2D eigenvalue weighted by atomic mass is 9.92. The van der Waals surface area contributed by atoms with E-state index in [1.54, 1.807) is 0 Å². The summed E-state index contributed by atoms with van der Waals surface area (Å²) in [6, 6.07) is 0. The summed E-state index contributed by atoms with van der Waals surface area (Å²) in [5.41, 5.74) is 7.69. The first-order chi connectivity index (χ1) is 14.6. The summed E-state index contributed by atoms with van der Waals surface area (Å²) < 4.78 is 12.1. The van der Waals surface area contributed by atoms with E-state index in [-0.39, 0.29) is 11.8 Å². The Balaban J connectivity index is 2.18. The predicted molar refractivity (Wildman–Crippen MR) is 135 cm³/mol. The summed E-state index contributed by atoms with van der Waals surface area (Å²) in [4.78, 5) is 0.